The highest BCUT2D eigenvalue weighted by molar-refractivity contribution is 7.17. The van der Waals surface area contributed by atoms with Crippen LogP contribution in [0.3, 0.4) is 0 Å². The predicted octanol–water partition coefficient (Wildman–Crippen LogP) is 4.32. The van der Waals surface area contributed by atoms with Crippen molar-refractivity contribution in [3.63, 3.8) is 0 Å². The van der Waals surface area contributed by atoms with Crippen molar-refractivity contribution in [3.8, 4) is 5.75 Å². The van der Waals surface area contributed by atoms with E-state index in [4.69, 9.17) is 9.47 Å². The quantitative estimate of drug-likeness (QED) is 0.243. The Morgan fingerprint density at radius 3 is 2.40 bits per heavy atom. The third-order valence-electron chi connectivity index (χ3n) is 5.68. The largest absolute Gasteiger partial charge is 0.507 e. The molecule has 2 heterocycles. The number of benzene rings is 2. The van der Waals surface area contributed by atoms with E-state index in [-0.39, 0.29) is 21.3 Å². The molecule has 1 fully saturated rings. The van der Waals surface area contributed by atoms with Crippen molar-refractivity contribution in [1.82, 2.24) is 4.98 Å². The summed E-state index contributed by atoms with van der Waals surface area (Å²) in [6.45, 7) is 3.31. The standard InChI is InChI=1S/C25H21FN2O6S/c1-12-11-16(33-3)9-10-17(12)20(29)18-19(14-5-7-15(26)8-6-14)28(23(31)21(18)30)25-27-13(2)22(35-25)24(32)34-4/h5-11,19,29H,1-4H3/b20-18-. The zero-order chi connectivity index (χ0) is 25.4. The molecule has 0 saturated carbocycles. The lowest BCUT2D eigenvalue weighted by atomic mass is 9.94. The van der Waals surface area contributed by atoms with Crippen LogP contribution in [0.25, 0.3) is 5.76 Å². The first-order valence-corrected chi connectivity index (χ1v) is 11.3. The van der Waals surface area contributed by atoms with E-state index >= 15 is 0 Å². The molecular weight excluding hydrogens is 475 g/mol. The SMILES string of the molecule is COC(=O)c1sc(N2C(=O)C(=O)/C(=C(\O)c3ccc(OC)cc3C)C2c2ccc(F)cc2)nc1C. The predicted molar refractivity (Wildman–Crippen MR) is 127 cm³/mol. The first kappa shape index (κ1) is 24.1. The number of anilines is 1. The average molecular weight is 497 g/mol. The van der Waals surface area contributed by atoms with Crippen LogP contribution < -0.4 is 9.64 Å². The summed E-state index contributed by atoms with van der Waals surface area (Å²) in [5.74, 6) is -2.83. The van der Waals surface area contributed by atoms with E-state index in [1.54, 1.807) is 32.0 Å². The first-order chi connectivity index (χ1) is 16.7. The van der Waals surface area contributed by atoms with Gasteiger partial charge in [0.25, 0.3) is 5.78 Å². The van der Waals surface area contributed by atoms with Crippen molar-refractivity contribution in [3.05, 3.63) is 81.1 Å². The van der Waals surface area contributed by atoms with Crippen LogP contribution in [0.2, 0.25) is 0 Å². The van der Waals surface area contributed by atoms with E-state index < -0.39 is 29.5 Å². The van der Waals surface area contributed by atoms with Crippen LogP contribution in [-0.4, -0.2) is 42.0 Å². The van der Waals surface area contributed by atoms with Gasteiger partial charge in [-0.2, -0.15) is 0 Å². The Labute approximate surface area is 204 Å². The summed E-state index contributed by atoms with van der Waals surface area (Å²) >= 11 is 0.887. The number of aliphatic hydroxyl groups excluding tert-OH is 1. The number of hydrogen-bond acceptors (Lipinski definition) is 8. The van der Waals surface area contributed by atoms with Crippen LogP contribution in [0.15, 0.2) is 48.0 Å². The molecule has 180 valence electrons. The molecule has 1 aromatic heterocycles. The lowest BCUT2D eigenvalue weighted by Gasteiger charge is -2.23. The Hall–Kier alpha value is -4.05. The van der Waals surface area contributed by atoms with Crippen LogP contribution >= 0.6 is 11.3 Å². The van der Waals surface area contributed by atoms with Crippen molar-refractivity contribution in [1.29, 1.82) is 0 Å². The Balaban J connectivity index is 1.94. The molecule has 10 heteroatoms. The molecule has 4 rings (SSSR count). The number of hydrogen-bond donors (Lipinski definition) is 1. The number of esters is 1. The fraction of sp³-hybridized carbons (Fsp3) is 0.200. The minimum atomic E-state index is -1.10. The summed E-state index contributed by atoms with van der Waals surface area (Å²) in [6.07, 6.45) is 0. The molecule has 1 aliphatic heterocycles. The van der Waals surface area contributed by atoms with Gasteiger partial charge in [-0.15, -0.1) is 0 Å². The number of rotatable bonds is 5. The van der Waals surface area contributed by atoms with Crippen LogP contribution in [0.4, 0.5) is 9.52 Å². The zero-order valence-corrected chi connectivity index (χ0v) is 20.1. The summed E-state index contributed by atoms with van der Waals surface area (Å²) in [5, 5.41) is 11.3. The van der Waals surface area contributed by atoms with E-state index in [0.717, 1.165) is 16.2 Å². The number of aryl methyl sites for hydroxylation is 2. The molecule has 0 bridgehead atoms. The van der Waals surface area contributed by atoms with Crippen LogP contribution in [0.1, 0.15) is 38.1 Å². The van der Waals surface area contributed by atoms with Gasteiger partial charge in [0.05, 0.1) is 31.5 Å². The Morgan fingerprint density at radius 2 is 1.80 bits per heavy atom. The van der Waals surface area contributed by atoms with Crippen molar-refractivity contribution in [2.24, 2.45) is 0 Å². The number of ketones is 1. The maximum Gasteiger partial charge on any atom is 0.350 e. The fourth-order valence-corrected chi connectivity index (χ4v) is 4.94. The van der Waals surface area contributed by atoms with E-state index in [1.165, 1.54) is 38.5 Å². The second-order valence-corrected chi connectivity index (χ2v) is 8.78. The Bertz CT molecular complexity index is 1380. The van der Waals surface area contributed by atoms with E-state index in [0.29, 0.717) is 28.1 Å². The fourth-order valence-electron chi connectivity index (χ4n) is 3.93. The molecule has 1 unspecified atom stereocenters. The first-order valence-electron chi connectivity index (χ1n) is 10.4. The topological polar surface area (TPSA) is 106 Å². The van der Waals surface area contributed by atoms with E-state index in [2.05, 4.69) is 4.98 Å². The summed E-state index contributed by atoms with van der Waals surface area (Å²) < 4.78 is 23.7. The number of ether oxygens (including phenoxy) is 2. The zero-order valence-electron chi connectivity index (χ0n) is 19.3. The number of carbonyl (C=O) groups excluding carboxylic acids is 3. The summed E-state index contributed by atoms with van der Waals surface area (Å²) in [7, 11) is 2.73. The second-order valence-electron chi connectivity index (χ2n) is 7.80. The van der Waals surface area contributed by atoms with Gasteiger partial charge in [-0.25, -0.2) is 14.2 Å². The molecule has 1 amide bonds. The highest BCUT2D eigenvalue weighted by atomic mass is 32.1. The summed E-state index contributed by atoms with van der Waals surface area (Å²) in [4.78, 5) is 44.2. The number of aliphatic hydroxyl groups is 1. The molecule has 1 atom stereocenters. The number of carbonyl (C=O) groups is 3. The molecule has 3 aromatic rings. The van der Waals surface area contributed by atoms with Crippen LogP contribution in [0, 0.1) is 19.7 Å². The molecule has 1 aliphatic rings. The number of Topliss-reactive ketones (excluding diaryl/α,β-unsaturated/α-hetero) is 1. The molecule has 35 heavy (non-hydrogen) atoms. The van der Waals surface area contributed by atoms with E-state index in [1.807, 2.05) is 0 Å². The van der Waals surface area contributed by atoms with Crippen molar-refractivity contribution in [2.75, 3.05) is 19.1 Å². The number of thiazole rings is 1. The average Bonchev–Trinajstić information content (AvgIpc) is 3.35. The lowest BCUT2D eigenvalue weighted by Crippen LogP contribution is -2.29. The van der Waals surface area contributed by atoms with Gasteiger partial charge >= 0.3 is 11.9 Å². The minimum Gasteiger partial charge on any atom is -0.507 e. The normalized spacial score (nSPS) is 17.1. The van der Waals surface area contributed by atoms with Gasteiger partial charge in [-0.1, -0.05) is 23.5 Å². The number of halogens is 1. The molecule has 0 aliphatic carbocycles. The number of nitrogens with zero attached hydrogens (tertiary/aromatic N) is 2. The monoisotopic (exact) mass is 496 g/mol. The molecule has 0 spiro atoms. The molecule has 1 N–H and O–H groups in total. The number of aromatic nitrogens is 1. The van der Waals surface area contributed by atoms with Crippen molar-refractivity contribution in [2.45, 2.75) is 19.9 Å². The second kappa shape index (κ2) is 9.30. The lowest BCUT2D eigenvalue weighted by molar-refractivity contribution is -0.132. The summed E-state index contributed by atoms with van der Waals surface area (Å²) in [6, 6.07) is 9.03. The van der Waals surface area contributed by atoms with Gasteiger partial charge in [0, 0.05) is 5.56 Å². The Morgan fingerprint density at radius 1 is 1.11 bits per heavy atom. The van der Waals surface area contributed by atoms with Crippen LogP contribution in [0.5, 0.6) is 5.75 Å². The van der Waals surface area contributed by atoms with Gasteiger partial charge in [-0.05, 0) is 55.3 Å². The Kier molecular flexibility index (Phi) is 6.40. The highest BCUT2D eigenvalue weighted by Crippen LogP contribution is 2.44. The van der Waals surface area contributed by atoms with Gasteiger partial charge in [-0.3, -0.25) is 14.5 Å². The van der Waals surface area contributed by atoms with Gasteiger partial charge in [0.2, 0.25) is 0 Å². The van der Waals surface area contributed by atoms with E-state index in [9.17, 15) is 23.9 Å². The number of amides is 1. The van der Waals surface area contributed by atoms with Crippen molar-refractivity contribution < 1.29 is 33.4 Å². The smallest absolute Gasteiger partial charge is 0.350 e. The van der Waals surface area contributed by atoms with Gasteiger partial charge in [0.15, 0.2) is 5.13 Å². The molecular formula is C25H21FN2O6S. The van der Waals surface area contributed by atoms with Crippen molar-refractivity contribution >= 4 is 39.9 Å². The molecule has 8 nitrogen and oxygen atoms in total. The van der Waals surface area contributed by atoms with Gasteiger partial charge < -0.3 is 14.6 Å². The third-order valence-corrected chi connectivity index (χ3v) is 6.82. The molecule has 2 aromatic carbocycles. The maximum atomic E-state index is 13.7. The van der Waals surface area contributed by atoms with Gasteiger partial charge in [0.1, 0.15) is 22.2 Å². The summed E-state index contributed by atoms with van der Waals surface area (Å²) in [5.41, 5.74) is 1.47. The molecule has 1 saturated heterocycles. The molecule has 0 radical (unpaired) electrons. The van der Waals surface area contributed by atoms with Crippen LogP contribution in [-0.2, 0) is 14.3 Å². The minimum absolute atomic E-state index is 0.0739. The maximum absolute atomic E-state index is 13.7. The third kappa shape index (κ3) is 4.17. The highest BCUT2D eigenvalue weighted by Gasteiger charge is 2.48. The number of methoxy groups -OCH3 is 2.